The predicted octanol–water partition coefficient (Wildman–Crippen LogP) is 2.20. The zero-order chi connectivity index (χ0) is 17.1. The van der Waals surface area contributed by atoms with Gasteiger partial charge in [0, 0.05) is 5.56 Å². The highest BCUT2D eigenvalue weighted by atomic mass is 16.5. The van der Waals surface area contributed by atoms with Crippen molar-refractivity contribution >= 4 is 23.3 Å². The van der Waals surface area contributed by atoms with E-state index in [1.165, 1.54) is 11.8 Å². The molecule has 0 bridgehead atoms. The van der Waals surface area contributed by atoms with Gasteiger partial charge in [-0.05, 0) is 38.0 Å². The van der Waals surface area contributed by atoms with Crippen molar-refractivity contribution < 1.29 is 23.9 Å². The fourth-order valence-electron chi connectivity index (χ4n) is 2.29. The van der Waals surface area contributed by atoms with Gasteiger partial charge < -0.3 is 9.47 Å². The molecule has 124 valence electrons. The van der Waals surface area contributed by atoms with Crippen molar-refractivity contribution in [2.75, 3.05) is 18.1 Å². The molecule has 1 aromatic carbocycles. The van der Waals surface area contributed by atoms with Gasteiger partial charge in [0.2, 0.25) is 0 Å². The first-order valence-electron chi connectivity index (χ1n) is 7.57. The molecule has 0 radical (unpaired) electrons. The third-order valence-corrected chi connectivity index (χ3v) is 3.53. The number of rotatable bonds is 5. The number of anilines is 1. The maximum Gasteiger partial charge on any atom is 0.328 e. The Morgan fingerprint density at radius 1 is 1.30 bits per heavy atom. The van der Waals surface area contributed by atoms with Crippen molar-refractivity contribution in [3.05, 3.63) is 23.8 Å². The maximum atomic E-state index is 12.2. The van der Waals surface area contributed by atoms with Gasteiger partial charge in [-0.2, -0.15) is 0 Å². The van der Waals surface area contributed by atoms with E-state index in [0.717, 1.165) is 0 Å². The summed E-state index contributed by atoms with van der Waals surface area (Å²) in [6.07, 6.45) is 0. The highest BCUT2D eigenvalue weighted by Crippen LogP contribution is 2.34. The number of ether oxygens (including phenoxy) is 2. The highest BCUT2D eigenvalue weighted by Gasteiger charge is 2.34. The molecule has 1 amide bonds. The molecule has 1 heterocycles. The van der Waals surface area contributed by atoms with Crippen LogP contribution in [0.2, 0.25) is 0 Å². The van der Waals surface area contributed by atoms with Crippen LogP contribution in [0.4, 0.5) is 5.69 Å². The predicted molar refractivity (Wildman–Crippen MR) is 84.7 cm³/mol. The normalized spacial score (nSPS) is 15.0. The second-order valence-corrected chi connectivity index (χ2v) is 5.99. The summed E-state index contributed by atoms with van der Waals surface area (Å²) in [6, 6.07) is 4.06. The molecule has 0 saturated heterocycles. The first kappa shape index (κ1) is 17.0. The van der Waals surface area contributed by atoms with E-state index < -0.39 is 12.0 Å². The van der Waals surface area contributed by atoms with Crippen LogP contribution in [-0.2, 0) is 14.3 Å². The fourth-order valence-corrected chi connectivity index (χ4v) is 2.29. The minimum absolute atomic E-state index is 0.124. The molecular formula is C17H21NO5. The lowest BCUT2D eigenvalue weighted by Gasteiger charge is -2.33. The van der Waals surface area contributed by atoms with E-state index in [1.807, 2.05) is 13.8 Å². The van der Waals surface area contributed by atoms with Crippen LogP contribution in [0.3, 0.4) is 0 Å². The third kappa shape index (κ3) is 3.70. The van der Waals surface area contributed by atoms with Gasteiger partial charge in [-0.15, -0.1) is 0 Å². The average Bonchev–Trinajstić information content (AvgIpc) is 2.51. The molecule has 0 fully saturated rings. The van der Waals surface area contributed by atoms with E-state index in [0.29, 0.717) is 23.6 Å². The lowest BCUT2D eigenvalue weighted by Crippen LogP contribution is -2.48. The molecule has 6 nitrogen and oxygen atoms in total. The Balaban J connectivity index is 2.31. The SMILES string of the molecule is CC(=O)c1ccc2c(c1)N(C(C)C(=O)OCC(C)C)C(=O)CO2. The Hall–Kier alpha value is -2.37. The van der Waals surface area contributed by atoms with E-state index >= 15 is 0 Å². The number of esters is 1. The first-order chi connectivity index (χ1) is 10.8. The molecule has 6 heteroatoms. The first-order valence-corrected chi connectivity index (χ1v) is 7.57. The number of ketones is 1. The van der Waals surface area contributed by atoms with Crippen molar-refractivity contribution in [3.8, 4) is 5.75 Å². The summed E-state index contributed by atoms with van der Waals surface area (Å²) < 4.78 is 10.6. The molecule has 2 rings (SSSR count). The second-order valence-electron chi connectivity index (χ2n) is 5.99. The summed E-state index contributed by atoms with van der Waals surface area (Å²) in [7, 11) is 0. The van der Waals surface area contributed by atoms with Gasteiger partial charge in [-0.3, -0.25) is 14.5 Å². The number of amides is 1. The monoisotopic (exact) mass is 319 g/mol. The summed E-state index contributed by atoms with van der Waals surface area (Å²) in [5.74, 6) is -0.262. The number of benzene rings is 1. The largest absolute Gasteiger partial charge is 0.482 e. The zero-order valence-corrected chi connectivity index (χ0v) is 13.8. The topological polar surface area (TPSA) is 72.9 Å². The van der Waals surface area contributed by atoms with Crippen molar-refractivity contribution in [2.45, 2.75) is 33.7 Å². The van der Waals surface area contributed by atoms with Crippen molar-refractivity contribution in [1.29, 1.82) is 0 Å². The Labute approximate surface area is 135 Å². The molecule has 0 aliphatic carbocycles. The molecule has 0 aromatic heterocycles. The number of Topliss-reactive ketones (excluding diaryl/α,β-unsaturated/α-hetero) is 1. The van der Waals surface area contributed by atoms with Crippen LogP contribution < -0.4 is 9.64 Å². The molecule has 1 aromatic rings. The summed E-state index contributed by atoms with van der Waals surface area (Å²) >= 11 is 0. The third-order valence-electron chi connectivity index (χ3n) is 3.53. The number of hydrogen-bond acceptors (Lipinski definition) is 5. The van der Waals surface area contributed by atoms with Crippen LogP contribution in [-0.4, -0.2) is 36.9 Å². The molecule has 1 unspecified atom stereocenters. The smallest absolute Gasteiger partial charge is 0.328 e. The van der Waals surface area contributed by atoms with Gasteiger partial charge in [0.25, 0.3) is 5.91 Å². The second kappa shape index (κ2) is 6.81. The van der Waals surface area contributed by atoms with E-state index in [4.69, 9.17) is 9.47 Å². The molecule has 0 saturated carbocycles. The summed E-state index contributed by atoms with van der Waals surface area (Å²) in [4.78, 5) is 37.3. The number of carbonyl (C=O) groups is 3. The van der Waals surface area contributed by atoms with Crippen molar-refractivity contribution in [2.24, 2.45) is 5.92 Å². The molecule has 0 N–H and O–H groups in total. The molecule has 1 aliphatic heterocycles. The Bertz CT molecular complexity index is 638. The summed E-state index contributed by atoms with van der Waals surface area (Å²) in [6.45, 7) is 7.07. The quantitative estimate of drug-likeness (QED) is 0.614. The van der Waals surface area contributed by atoms with E-state index in [-0.39, 0.29) is 24.2 Å². The van der Waals surface area contributed by atoms with Gasteiger partial charge in [0.05, 0.1) is 12.3 Å². The van der Waals surface area contributed by atoms with Crippen LogP contribution >= 0.6 is 0 Å². The minimum Gasteiger partial charge on any atom is -0.482 e. The minimum atomic E-state index is -0.786. The van der Waals surface area contributed by atoms with Crippen LogP contribution in [0.25, 0.3) is 0 Å². The van der Waals surface area contributed by atoms with Gasteiger partial charge in [0.15, 0.2) is 12.4 Å². The van der Waals surface area contributed by atoms with Crippen molar-refractivity contribution in [1.82, 2.24) is 0 Å². The lowest BCUT2D eigenvalue weighted by atomic mass is 10.1. The van der Waals surface area contributed by atoms with E-state index in [1.54, 1.807) is 25.1 Å². The molecule has 1 aliphatic rings. The van der Waals surface area contributed by atoms with Gasteiger partial charge in [0.1, 0.15) is 11.8 Å². The lowest BCUT2D eigenvalue weighted by molar-refractivity contribution is -0.147. The van der Waals surface area contributed by atoms with Crippen LogP contribution in [0.1, 0.15) is 38.1 Å². The van der Waals surface area contributed by atoms with Crippen LogP contribution in [0, 0.1) is 5.92 Å². The molecule has 0 spiro atoms. The number of fused-ring (bicyclic) bond motifs is 1. The standard InChI is InChI=1S/C17H21NO5/c1-10(2)8-23-17(21)11(3)18-14-7-13(12(4)19)5-6-15(14)22-9-16(18)20/h5-7,10-11H,8-9H2,1-4H3. The highest BCUT2D eigenvalue weighted by molar-refractivity contribution is 6.04. The number of carbonyl (C=O) groups excluding carboxylic acids is 3. The van der Waals surface area contributed by atoms with Crippen LogP contribution in [0.15, 0.2) is 18.2 Å². The van der Waals surface area contributed by atoms with E-state index in [9.17, 15) is 14.4 Å². The number of hydrogen-bond donors (Lipinski definition) is 0. The summed E-state index contributed by atoms with van der Waals surface area (Å²) in [5, 5.41) is 0. The van der Waals surface area contributed by atoms with Gasteiger partial charge in [-0.25, -0.2) is 4.79 Å². The van der Waals surface area contributed by atoms with Gasteiger partial charge in [-0.1, -0.05) is 13.8 Å². The van der Waals surface area contributed by atoms with E-state index in [2.05, 4.69) is 0 Å². The Morgan fingerprint density at radius 3 is 2.61 bits per heavy atom. The zero-order valence-electron chi connectivity index (χ0n) is 13.8. The Morgan fingerprint density at radius 2 is 2.00 bits per heavy atom. The molecule has 1 atom stereocenters. The summed E-state index contributed by atoms with van der Waals surface area (Å²) in [5.41, 5.74) is 0.873. The van der Waals surface area contributed by atoms with Crippen molar-refractivity contribution in [3.63, 3.8) is 0 Å². The van der Waals surface area contributed by atoms with Gasteiger partial charge >= 0.3 is 5.97 Å². The maximum absolute atomic E-state index is 12.2. The fraction of sp³-hybridized carbons (Fsp3) is 0.471. The Kier molecular flexibility index (Phi) is 5.03. The average molecular weight is 319 g/mol. The van der Waals surface area contributed by atoms with Crippen LogP contribution in [0.5, 0.6) is 5.75 Å². The number of nitrogens with zero attached hydrogens (tertiary/aromatic N) is 1. The molecule has 23 heavy (non-hydrogen) atoms. The molecular weight excluding hydrogens is 298 g/mol.